The highest BCUT2D eigenvalue weighted by molar-refractivity contribution is 6.05. The SMILES string of the molecule is COC(=O)CC(C)C(=O)c1ccc(C)c(C(=O)OC)c1OC. The molecule has 120 valence electrons. The number of hydrogen-bond donors (Lipinski definition) is 0. The van der Waals surface area contributed by atoms with Crippen molar-refractivity contribution in [3.8, 4) is 5.75 Å². The molecule has 22 heavy (non-hydrogen) atoms. The maximum absolute atomic E-state index is 12.5. The van der Waals surface area contributed by atoms with E-state index in [1.807, 2.05) is 0 Å². The van der Waals surface area contributed by atoms with Gasteiger partial charge in [-0.15, -0.1) is 0 Å². The molecule has 0 amide bonds. The fraction of sp³-hybridized carbons (Fsp3) is 0.438. The van der Waals surface area contributed by atoms with Crippen molar-refractivity contribution < 1.29 is 28.6 Å². The minimum Gasteiger partial charge on any atom is -0.495 e. The molecule has 1 unspecified atom stereocenters. The normalized spacial score (nSPS) is 11.5. The van der Waals surface area contributed by atoms with Gasteiger partial charge in [-0.25, -0.2) is 4.79 Å². The number of ether oxygens (including phenoxy) is 3. The monoisotopic (exact) mass is 308 g/mol. The van der Waals surface area contributed by atoms with E-state index in [4.69, 9.17) is 9.47 Å². The zero-order chi connectivity index (χ0) is 16.9. The average Bonchev–Trinajstić information content (AvgIpc) is 2.52. The smallest absolute Gasteiger partial charge is 0.341 e. The molecule has 0 radical (unpaired) electrons. The van der Waals surface area contributed by atoms with Crippen molar-refractivity contribution in [2.45, 2.75) is 20.3 Å². The molecule has 6 heteroatoms. The minimum atomic E-state index is -0.588. The van der Waals surface area contributed by atoms with Crippen molar-refractivity contribution in [1.29, 1.82) is 0 Å². The van der Waals surface area contributed by atoms with Gasteiger partial charge in [0, 0.05) is 5.92 Å². The summed E-state index contributed by atoms with van der Waals surface area (Å²) < 4.78 is 14.5. The van der Waals surface area contributed by atoms with E-state index >= 15 is 0 Å². The number of ketones is 1. The number of Topliss-reactive ketones (excluding diaryl/α,β-unsaturated/α-hetero) is 1. The van der Waals surface area contributed by atoms with Crippen LogP contribution in [0.4, 0.5) is 0 Å². The zero-order valence-corrected chi connectivity index (χ0v) is 13.4. The number of benzene rings is 1. The van der Waals surface area contributed by atoms with Gasteiger partial charge in [0.25, 0.3) is 0 Å². The fourth-order valence-electron chi connectivity index (χ4n) is 2.13. The lowest BCUT2D eigenvalue weighted by Gasteiger charge is -2.16. The number of carbonyl (C=O) groups is 3. The van der Waals surface area contributed by atoms with E-state index in [1.165, 1.54) is 21.3 Å². The summed E-state index contributed by atoms with van der Waals surface area (Å²) in [4.78, 5) is 35.7. The van der Waals surface area contributed by atoms with Gasteiger partial charge >= 0.3 is 11.9 Å². The molecule has 1 aromatic rings. The molecule has 0 bridgehead atoms. The highest BCUT2D eigenvalue weighted by Gasteiger charge is 2.26. The van der Waals surface area contributed by atoms with Crippen molar-refractivity contribution in [1.82, 2.24) is 0 Å². The molecule has 1 rings (SSSR count). The second-order valence-electron chi connectivity index (χ2n) is 4.88. The Morgan fingerprint density at radius 3 is 2.23 bits per heavy atom. The predicted octanol–water partition coefficient (Wildman–Crippen LogP) is 2.17. The van der Waals surface area contributed by atoms with Crippen molar-refractivity contribution in [2.24, 2.45) is 5.92 Å². The number of hydrogen-bond acceptors (Lipinski definition) is 6. The first kappa shape index (κ1) is 17.7. The molecule has 0 aliphatic rings. The summed E-state index contributed by atoms with van der Waals surface area (Å²) in [5.41, 5.74) is 1.09. The molecule has 0 heterocycles. The Morgan fingerprint density at radius 2 is 1.73 bits per heavy atom. The summed E-state index contributed by atoms with van der Waals surface area (Å²) in [6.07, 6.45) is -0.0417. The second-order valence-corrected chi connectivity index (χ2v) is 4.88. The maximum atomic E-state index is 12.5. The molecular weight excluding hydrogens is 288 g/mol. The number of methoxy groups -OCH3 is 3. The topological polar surface area (TPSA) is 78.9 Å². The number of rotatable bonds is 6. The van der Waals surface area contributed by atoms with E-state index in [0.717, 1.165) is 0 Å². The third-order valence-corrected chi connectivity index (χ3v) is 3.37. The van der Waals surface area contributed by atoms with Gasteiger partial charge in [0.1, 0.15) is 11.3 Å². The van der Waals surface area contributed by atoms with Crippen LogP contribution >= 0.6 is 0 Å². The number of carbonyl (C=O) groups excluding carboxylic acids is 3. The van der Waals surface area contributed by atoms with Gasteiger partial charge in [-0.05, 0) is 18.6 Å². The molecule has 0 aliphatic carbocycles. The van der Waals surface area contributed by atoms with Crippen LogP contribution in [-0.4, -0.2) is 39.1 Å². The summed E-state index contributed by atoms with van der Waals surface area (Å²) in [6, 6.07) is 3.23. The van der Waals surface area contributed by atoms with Crippen LogP contribution in [0.5, 0.6) is 5.75 Å². The zero-order valence-electron chi connectivity index (χ0n) is 13.4. The Bertz CT molecular complexity index is 591. The number of aryl methyl sites for hydroxylation is 1. The first-order valence-electron chi connectivity index (χ1n) is 6.74. The summed E-state index contributed by atoms with van der Waals surface area (Å²) >= 11 is 0. The van der Waals surface area contributed by atoms with Crippen molar-refractivity contribution in [3.63, 3.8) is 0 Å². The summed E-state index contributed by atoms with van der Waals surface area (Å²) in [7, 11) is 3.90. The average molecular weight is 308 g/mol. The van der Waals surface area contributed by atoms with Crippen LogP contribution in [0, 0.1) is 12.8 Å². The van der Waals surface area contributed by atoms with E-state index in [-0.39, 0.29) is 29.1 Å². The van der Waals surface area contributed by atoms with Gasteiger partial charge < -0.3 is 14.2 Å². The van der Waals surface area contributed by atoms with Crippen LogP contribution in [-0.2, 0) is 14.3 Å². The van der Waals surface area contributed by atoms with Crippen LogP contribution in [0.3, 0.4) is 0 Å². The molecule has 0 aliphatic heterocycles. The van der Waals surface area contributed by atoms with Crippen molar-refractivity contribution in [3.05, 3.63) is 28.8 Å². The Hall–Kier alpha value is -2.37. The maximum Gasteiger partial charge on any atom is 0.341 e. The first-order valence-corrected chi connectivity index (χ1v) is 6.74. The van der Waals surface area contributed by atoms with E-state index < -0.39 is 17.9 Å². The highest BCUT2D eigenvalue weighted by atomic mass is 16.5. The third kappa shape index (κ3) is 3.63. The van der Waals surface area contributed by atoms with Crippen LogP contribution in [0.15, 0.2) is 12.1 Å². The molecule has 1 aromatic carbocycles. The molecule has 0 aromatic heterocycles. The largest absolute Gasteiger partial charge is 0.495 e. The molecule has 0 N–H and O–H groups in total. The molecule has 6 nitrogen and oxygen atoms in total. The van der Waals surface area contributed by atoms with Crippen LogP contribution in [0.2, 0.25) is 0 Å². The quantitative estimate of drug-likeness (QED) is 0.592. The molecule has 0 spiro atoms. The second kappa shape index (κ2) is 7.59. The van der Waals surface area contributed by atoms with Gasteiger partial charge in [-0.1, -0.05) is 13.0 Å². The standard InChI is InChI=1S/C16H20O6/c1-9-6-7-11(14(18)10(2)8-12(17)20-3)15(21-4)13(9)16(19)22-5/h6-7,10H,8H2,1-5H3. The summed E-state index contributed by atoms with van der Waals surface area (Å²) in [5.74, 6) is -1.78. The Balaban J connectivity index is 3.27. The van der Waals surface area contributed by atoms with Crippen molar-refractivity contribution >= 4 is 17.7 Å². The highest BCUT2D eigenvalue weighted by Crippen LogP contribution is 2.30. The number of esters is 2. The van der Waals surface area contributed by atoms with Crippen LogP contribution in [0.25, 0.3) is 0 Å². The van der Waals surface area contributed by atoms with E-state index in [2.05, 4.69) is 4.74 Å². The molecule has 1 atom stereocenters. The summed E-state index contributed by atoms with van der Waals surface area (Å²) in [6.45, 7) is 3.34. The molecule has 0 saturated heterocycles. The summed E-state index contributed by atoms with van der Waals surface area (Å²) in [5, 5.41) is 0. The van der Waals surface area contributed by atoms with Gasteiger partial charge in [-0.3, -0.25) is 9.59 Å². The predicted molar refractivity (Wildman–Crippen MR) is 79.2 cm³/mol. The first-order chi connectivity index (χ1) is 10.4. The Labute approximate surface area is 129 Å². The van der Waals surface area contributed by atoms with Crippen LogP contribution in [0.1, 0.15) is 39.6 Å². The van der Waals surface area contributed by atoms with E-state index in [0.29, 0.717) is 5.56 Å². The van der Waals surface area contributed by atoms with E-state index in [1.54, 1.807) is 26.0 Å². The van der Waals surface area contributed by atoms with Gasteiger partial charge in [0.05, 0.1) is 33.3 Å². The Kier molecular flexibility index (Phi) is 6.10. The van der Waals surface area contributed by atoms with Crippen LogP contribution < -0.4 is 4.74 Å². The lowest BCUT2D eigenvalue weighted by Crippen LogP contribution is -2.19. The molecule has 0 saturated carbocycles. The minimum absolute atomic E-state index is 0.0417. The molecule has 0 fully saturated rings. The Morgan fingerprint density at radius 1 is 1.09 bits per heavy atom. The lowest BCUT2D eigenvalue weighted by atomic mass is 9.92. The third-order valence-electron chi connectivity index (χ3n) is 3.37. The van der Waals surface area contributed by atoms with Gasteiger partial charge in [0.2, 0.25) is 0 Å². The van der Waals surface area contributed by atoms with Gasteiger partial charge in [-0.2, -0.15) is 0 Å². The van der Waals surface area contributed by atoms with Gasteiger partial charge in [0.15, 0.2) is 5.78 Å². The fourth-order valence-corrected chi connectivity index (χ4v) is 2.13. The van der Waals surface area contributed by atoms with E-state index in [9.17, 15) is 14.4 Å². The van der Waals surface area contributed by atoms with Crippen molar-refractivity contribution in [2.75, 3.05) is 21.3 Å². The lowest BCUT2D eigenvalue weighted by molar-refractivity contribution is -0.141. The molecular formula is C16H20O6.